The average molecular weight is 333 g/mol. The molecule has 0 aliphatic carbocycles. The summed E-state index contributed by atoms with van der Waals surface area (Å²) >= 11 is 9.06. The molecule has 0 N–H and O–H groups in total. The van der Waals surface area contributed by atoms with Gasteiger partial charge in [0.1, 0.15) is 0 Å². The third-order valence-electron chi connectivity index (χ3n) is 2.88. The molecule has 0 saturated carbocycles. The minimum Gasteiger partial charge on any atom is -0.342 e. The van der Waals surface area contributed by atoms with E-state index in [-0.39, 0.29) is 5.91 Å². The predicted molar refractivity (Wildman–Crippen MR) is 80.4 cm³/mol. The Labute approximate surface area is 122 Å². The maximum atomic E-state index is 12.2. The van der Waals surface area contributed by atoms with E-state index in [9.17, 15) is 4.79 Å². The van der Waals surface area contributed by atoms with Crippen molar-refractivity contribution >= 4 is 33.4 Å². The third-order valence-corrected chi connectivity index (χ3v) is 4.04. The predicted octanol–water partition coefficient (Wildman–Crippen LogP) is 4.24. The lowest BCUT2D eigenvalue weighted by molar-refractivity contribution is 0.0792. The van der Waals surface area contributed by atoms with E-state index in [1.54, 1.807) is 4.90 Å². The van der Waals surface area contributed by atoms with Gasteiger partial charge >= 0.3 is 0 Å². The number of hydrogen-bond acceptors (Lipinski definition) is 1. The first-order chi connectivity index (χ1) is 8.56. The summed E-state index contributed by atoms with van der Waals surface area (Å²) in [5.41, 5.74) is 1.83. The van der Waals surface area contributed by atoms with Crippen LogP contribution in [0.5, 0.6) is 0 Å². The normalized spacial score (nSPS) is 10.4. The first kappa shape index (κ1) is 15.5. The molecule has 0 unspecified atom stereocenters. The zero-order valence-electron chi connectivity index (χ0n) is 10.9. The van der Waals surface area contributed by atoms with Crippen LogP contribution in [0.2, 0.25) is 0 Å². The van der Waals surface area contributed by atoms with Gasteiger partial charge in [0.15, 0.2) is 0 Å². The summed E-state index contributed by atoms with van der Waals surface area (Å²) in [4.78, 5) is 13.9. The smallest absolute Gasteiger partial charge is 0.253 e. The fraction of sp³-hybridized carbons (Fsp3) is 0.500. The largest absolute Gasteiger partial charge is 0.342 e. The summed E-state index contributed by atoms with van der Waals surface area (Å²) in [6.45, 7) is 2.77. The molecule has 2 nitrogen and oxygen atoms in total. The van der Waals surface area contributed by atoms with Crippen LogP contribution in [0.4, 0.5) is 0 Å². The van der Waals surface area contributed by atoms with E-state index in [1.807, 2.05) is 32.2 Å². The topological polar surface area (TPSA) is 20.3 Å². The molecule has 4 heteroatoms. The molecule has 0 bridgehead atoms. The first-order valence-electron chi connectivity index (χ1n) is 6.14. The maximum Gasteiger partial charge on any atom is 0.253 e. The van der Waals surface area contributed by atoms with Crippen molar-refractivity contribution in [3.05, 3.63) is 33.8 Å². The summed E-state index contributed by atoms with van der Waals surface area (Å²) in [5.74, 6) is 0.778. The number of unbranched alkanes of at least 4 members (excludes halogenated alkanes) is 2. The molecular formula is C14H19BrClNO. The second kappa shape index (κ2) is 7.80. The van der Waals surface area contributed by atoms with E-state index < -0.39 is 0 Å². The molecule has 100 valence electrons. The fourth-order valence-electron chi connectivity index (χ4n) is 1.72. The van der Waals surface area contributed by atoms with Crippen LogP contribution in [-0.2, 0) is 0 Å². The van der Waals surface area contributed by atoms with Crippen molar-refractivity contribution in [3.63, 3.8) is 0 Å². The number of carbonyl (C=O) groups excluding carboxylic acids is 1. The highest BCUT2D eigenvalue weighted by Crippen LogP contribution is 2.18. The summed E-state index contributed by atoms with van der Waals surface area (Å²) in [5, 5.41) is 0. The number of halogens is 2. The van der Waals surface area contributed by atoms with E-state index in [2.05, 4.69) is 15.9 Å². The van der Waals surface area contributed by atoms with Crippen LogP contribution in [0.15, 0.2) is 22.7 Å². The fourth-order valence-corrected chi connectivity index (χ4v) is 2.16. The van der Waals surface area contributed by atoms with Gasteiger partial charge < -0.3 is 4.90 Å². The van der Waals surface area contributed by atoms with Gasteiger partial charge in [-0.2, -0.15) is 0 Å². The highest BCUT2D eigenvalue weighted by atomic mass is 79.9. The van der Waals surface area contributed by atoms with Gasteiger partial charge in [0.2, 0.25) is 0 Å². The molecule has 1 amide bonds. The van der Waals surface area contributed by atoms with Gasteiger partial charge in [-0.25, -0.2) is 0 Å². The highest BCUT2D eigenvalue weighted by molar-refractivity contribution is 9.10. The van der Waals surface area contributed by atoms with Crippen LogP contribution in [0.3, 0.4) is 0 Å². The molecule has 0 spiro atoms. The van der Waals surface area contributed by atoms with Crippen molar-refractivity contribution in [1.82, 2.24) is 4.90 Å². The number of nitrogens with zero attached hydrogens (tertiary/aromatic N) is 1. The van der Waals surface area contributed by atoms with Gasteiger partial charge in [-0.3, -0.25) is 4.79 Å². The molecular weight excluding hydrogens is 314 g/mol. The van der Waals surface area contributed by atoms with E-state index in [0.29, 0.717) is 5.88 Å². The molecule has 1 aromatic carbocycles. The molecule has 0 atom stereocenters. The minimum atomic E-state index is 0.0801. The minimum absolute atomic E-state index is 0.0801. The zero-order valence-corrected chi connectivity index (χ0v) is 13.2. The van der Waals surface area contributed by atoms with Crippen LogP contribution < -0.4 is 0 Å². The number of alkyl halides is 1. The van der Waals surface area contributed by atoms with E-state index in [4.69, 9.17) is 11.6 Å². The van der Waals surface area contributed by atoms with Gasteiger partial charge in [0.05, 0.1) is 0 Å². The standard InChI is InChI=1S/C14H19BrClNO/c1-11-10-12(6-7-13(11)15)14(18)17(2)9-5-3-4-8-16/h6-7,10H,3-5,8-9H2,1-2H3. The molecule has 0 aliphatic rings. The summed E-state index contributed by atoms with van der Waals surface area (Å²) < 4.78 is 1.03. The lowest BCUT2D eigenvalue weighted by atomic mass is 10.1. The van der Waals surface area contributed by atoms with Gasteiger partial charge in [-0.05, 0) is 43.5 Å². The number of carbonyl (C=O) groups is 1. The summed E-state index contributed by atoms with van der Waals surface area (Å²) in [6, 6.07) is 5.69. The Hall–Kier alpha value is -0.540. The van der Waals surface area contributed by atoms with Crippen LogP contribution >= 0.6 is 27.5 Å². The van der Waals surface area contributed by atoms with Gasteiger partial charge in [-0.1, -0.05) is 22.4 Å². The molecule has 0 heterocycles. The Morgan fingerprint density at radius 1 is 1.33 bits per heavy atom. The number of amides is 1. The quantitative estimate of drug-likeness (QED) is 0.563. The second-order valence-corrected chi connectivity index (χ2v) is 5.67. The Morgan fingerprint density at radius 3 is 2.67 bits per heavy atom. The van der Waals surface area contributed by atoms with Crippen molar-refractivity contribution < 1.29 is 4.79 Å². The maximum absolute atomic E-state index is 12.2. The van der Waals surface area contributed by atoms with Crippen LogP contribution in [0, 0.1) is 6.92 Å². The Balaban J connectivity index is 2.54. The van der Waals surface area contributed by atoms with Crippen LogP contribution in [-0.4, -0.2) is 30.3 Å². The number of aryl methyl sites for hydroxylation is 1. The van der Waals surface area contributed by atoms with Crippen molar-refractivity contribution in [2.45, 2.75) is 26.2 Å². The molecule has 0 radical (unpaired) electrons. The Morgan fingerprint density at radius 2 is 2.06 bits per heavy atom. The van der Waals surface area contributed by atoms with Crippen molar-refractivity contribution in [2.75, 3.05) is 19.5 Å². The summed E-state index contributed by atoms with van der Waals surface area (Å²) in [7, 11) is 1.85. The molecule has 0 fully saturated rings. The molecule has 0 aliphatic heterocycles. The third kappa shape index (κ3) is 4.62. The number of hydrogen-bond donors (Lipinski definition) is 0. The molecule has 1 rings (SSSR count). The first-order valence-corrected chi connectivity index (χ1v) is 7.46. The van der Waals surface area contributed by atoms with E-state index in [0.717, 1.165) is 41.4 Å². The summed E-state index contributed by atoms with van der Waals surface area (Å²) in [6.07, 6.45) is 3.09. The highest BCUT2D eigenvalue weighted by Gasteiger charge is 2.11. The number of benzene rings is 1. The lowest BCUT2D eigenvalue weighted by Crippen LogP contribution is -2.27. The molecule has 18 heavy (non-hydrogen) atoms. The Bertz CT molecular complexity index is 409. The van der Waals surface area contributed by atoms with Crippen molar-refractivity contribution in [3.8, 4) is 0 Å². The monoisotopic (exact) mass is 331 g/mol. The van der Waals surface area contributed by atoms with Crippen molar-refractivity contribution in [1.29, 1.82) is 0 Å². The lowest BCUT2D eigenvalue weighted by Gasteiger charge is -2.17. The van der Waals surface area contributed by atoms with Gasteiger partial charge in [0, 0.05) is 29.5 Å². The van der Waals surface area contributed by atoms with Crippen LogP contribution in [0.1, 0.15) is 35.2 Å². The molecule has 1 aromatic rings. The Kier molecular flexibility index (Phi) is 6.72. The van der Waals surface area contributed by atoms with Crippen LogP contribution in [0.25, 0.3) is 0 Å². The number of rotatable bonds is 6. The molecule has 0 saturated heterocycles. The van der Waals surface area contributed by atoms with E-state index >= 15 is 0 Å². The average Bonchev–Trinajstić information content (AvgIpc) is 2.37. The molecule has 0 aromatic heterocycles. The van der Waals surface area contributed by atoms with E-state index in [1.165, 1.54) is 0 Å². The van der Waals surface area contributed by atoms with Gasteiger partial charge in [0.25, 0.3) is 5.91 Å². The van der Waals surface area contributed by atoms with Gasteiger partial charge in [-0.15, -0.1) is 11.6 Å². The second-order valence-electron chi connectivity index (χ2n) is 4.44. The zero-order chi connectivity index (χ0) is 13.5. The SMILES string of the molecule is Cc1cc(C(=O)N(C)CCCCCCl)ccc1Br. The van der Waals surface area contributed by atoms with Crippen molar-refractivity contribution in [2.24, 2.45) is 0 Å².